The number of carbonyl (C=O) groups excluding carboxylic acids is 4. The predicted octanol–water partition coefficient (Wildman–Crippen LogP) is 4.35. The second-order valence-corrected chi connectivity index (χ2v) is 10.6. The van der Waals surface area contributed by atoms with E-state index in [4.69, 9.17) is 14.2 Å². The van der Waals surface area contributed by atoms with Crippen LogP contribution in [-0.2, 0) is 19.1 Å². The molecule has 11 heteroatoms. The lowest BCUT2D eigenvalue weighted by molar-refractivity contribution is -0.146. The number of methoxy groups -OCH3 is 1. The van der Waals surface area contributed by atoms with E-state index in [2.05, 4.69) is 20.3 Å². The summed E-state index contributed by atoms with van der Waals surface area (Å²) in [6.45, 7) is 10.8. The molecular weight excluding hydrogens is 528 g/mol. The minimum atomic E-state index is -1.13. The Kier molecular flexibility index (Phi) is 10.2. The molecule has 3 aromatic rings. The zero-order valence-corrected chi connectivity index (χ0v) is 24.6. The summed E-state index contributed by atoms with van der Waals surface area (Å²) in [5, 5.41) is 3.46. The molecule has 0 aliphatic carbocycles. The number of aromatic amines is 1. The number of benzene rings is 1. The number of Topliss-reactive ketones (excluding diaryl/α,β-unsaturated/α-hetero) is 1. The van der Waals surface area contributed by atoms with Crippen molar-refractivity contribution in [3.05, 3.63) is 53.1 Å². The van der Waals surface area contributed by atoms with Gasteiger partial charge in [-0.15, -0.1) is 0 Å². The van der Waals surface area contributed by atoms with Gasteiger partial charge >= 0.3 is 11.9 Å². The van der Waals surface area contributed by atoms with Gasteiger partial charge < -0.3 is 24.5 Å². The molecule has 220 valence electrons. The van der Waals surface area contributed by atoms with Gasteiger partial charge in [-0.3, -0.25) is 14.4 Å². The molecule has 0 aliphatic rings. The average Bonchev–Trinajstić information content (AvgIpc) is 3.37. The Hall–Kier alpha value is -4.28. The van der Waals surface area contributed by atoms with Gasteiger partial charge in [-0.25, -0.2) is 14.8 Å². The summed E-state index contributed by atoms with van der Waals surface area (Å²) in [7, 11) is 1.50. The third-order valence-corrected chi connectivity index (χ3v) is 6.68. The van der Waals surface area contributed by atoms with Gasteiger partial charge in [0, 0.05) is 46.7 Å². The first kappa shape index (κ1) is 31.3. The topological polar surface area (TPSA) is 150 Å². The van der Waals surface area contributed by atoms with E-state index in [9.17, 15) is 19.2 Å². The van der Waals surface area contributed by atoms with Crippen LogP contribution in [0.4, 0.5) is 0 Å². The number of aromatic nitrogens is 3. The fourth-order valence-corrected chi connectivity index (χ4v) is 4.63. The Balaban J connectivity index is 2.14. The number of esters is 2. The van der Waals surface area contributed by atoms with E-state index < -0.39 is 35.2 Å². The Bertz CT molecular complexity index is 1420. The van der Waals surface area contributed by atoms with Crippen molar-refractivity contribution in [3.8, 4) is 5.75 Å². The van der Waals surface area contributed by atoms with Crippen LogP contribution in [-0.4, -0.2) is 64.9 Å². The molecule has 2 atom stereocenters. The first-order chi connectivity index (χ1) is 19.4. The Morgan fingerprint density at radius 3 is 2.41 bits per heavy atom. The van der Waals surface area contributed by atoms with Crippen LogP contribution in [0, 0.1) is 5.41 Å². The molecule has 1 aromatic carbocycles. The van der Waals surface area contributed by atoms with E-state index >= 15 is 0 Å². The standard InChI is InChI=1S/C30H38N4O7/c1-8-40-23(35)13-11-21(29(38)41-9-2)34-28(37)18-10-12-22(39-7)24(25(18)26(36)30(4,5)6)17(3)19-15-32-27-20(19)14-31-16-33-27/h10,12,14-17,21H,8-9,11,13H2,1-7H3,(H,34,37)(H,31,32,33). The number of nitrogens with zero attached hydrogens (tertiary/aromatic N) is 2. The molecular formula is C30H38N4O7. The van der Waals surface area contributed by atoms with Crippen LogP contribution in [0.15, 0.2) is 30.9 Å². The fraction of sp³-hybridized carbons (Fsp3) is 0.467. The summed E-state index contributed by atoms with van der Waals surface area (Å²) in [6, 6.07) is 2.01. The molecule has 0 spiro atoms. The minimum absolute atomic E-state index is 0.0271. The van der Waals surface area contributed by atoms with Gasteiger partial charge in [0.05, 0.1) is 25.9 Å². The average molecular weight is 567 g/mol. The number of ether oxygens (including phenoxy) is 3. The van der Waals surface area contributed by atoms with Crippen LogP contribution in [0.2, 0.25) is 0 Å². The van der Waals surface area contributed by atoms with Crippen molar-refractivity contribution >= 4 is 34.7 Å². The summed E-state index contributed by atoms with van der Waals surface area (Å²) < 4.78 is 15.8. The first-order valence-electron chi connectivity index (χ1n) is 13.6. The van der Waals surface area contributed by atoms with Crippen LogP contribution < -0.4 is 10.1 Å². The number of amides is 1. The molecule has 11 nitrogen and oxygen atoms in total. The van der Waals surface area contributed by atoms with Crippen LogP contribution in [0.3, 0.4) is 0 Å². The number of rotatable bonds is 12. The van der Waals surface area contributed by atoms with E-state index in [0.717, 1.165) is 10.9 Å². The third kappa shape index (κ3) is 7.08. The Morgan fingerprint density at radius 2 is 1.78 bits per heavy atom. The van der Waals surface area contributed by atoms with E-state index in [1.54, 1.807) is 53.1 Å². The maximum atomic E-state index is 14.0. The summed E-state index contributed by atoms with van der Waals surface area (Å²) in [5.74, 6) is -2.10. The van der Waals surface area contributed by atoms with Gasteiger partial charge in [-0.2, -0.15) is 0 Å². The highest BCUT2D eigenvalue weighted by Gasteiger charge is 2.35. The zero-order valence-electron chi connectivity index (χ0n) is 24.6. The second kappa shape index (κ2) is 13.4. The van der Waals surface area contributed by atoms with Gasteiger partial charge in [-0.05, 0) is 38.0 Å². The monoisotopic (exact) mass is 566 g/mol. The molecule has 2 unspecified atom stereocenters. The number of hydrogen-bond acceptors (Lipinski definition) is 9. The molecule has 2 aromatic heterocycles. The van der Waals surface area contributed by atoms with E-state index in [-0.39, 0.29) is 43.0 Å². The molecule has 2 heterocycles. The molecule has 0 fully saturated rings. The van der Waals surface area contributed by atoms with Gasteiger partial charge in [0.2, 0.25) is 0 Å². The molecule has 1 amide bonds. The molecule has 0 aliphatic heterocycles. The molecule has 0 bridgehead atoms. The van der Waals surface area contributed by atoms with Crippen molar-refractivity contribution in [2.45, 2.75) is 66.3 Å². The number of carbonyl (C=O) groups is 4. The van der Waals surface area contributed by atoms with Crippen molar-refractivity contribution in [2.24, 2.45) is 5.41 Å². The van der Waals surface area contributed by atoms with Gasteiger partial charge in [0.25, 0.3) is 5.91 Å². The van der Waals surface area contributed by atoms with E-state index in [0.29, 0.717) is 17.0 Å². The summed E-state index contributed by atoms with van der Waals surface area (Å²) in [5.41, 5.74) is 1.37. The minimum Gasteiger partial charge on any atom is -0.496 e. The highest BCUT2D eigenvalue weighted by molar-refractivity contribution is 6.12. The number of nitrogens with one attached hydrogen (secondary N) is 2. The van der Waals surface area contributed by atoms with Crippen LogP contribution >= 0.6 is 0 Å². The Morgan fingerprint density at radius 1 is 1.07 bits per heavy atom. The molecule has 0 saturated carbocycles. The number of fused-ring (bicyclic) bond motifs is 1. The largest absolute Gasteiger partial charge is 0.496 e. The molecule has 3 rings (SSSR count). The summed E-state index contributed by atoms with van der Waals surface area (Å²) in [6.07, 6.45) is 4.80. The predicted molar refractivity (Wildman–Crippen MR) is 152 cm³/mol. The van der Waals surface area contributed by atoms with Gasteiger partial charge in [0.1, 0.15) is 23.8 Å². The number of H-pyrrole nitrogens is 1. The quantitative estimate of drug-likeness (QED) is 0.241. The lowest BCUT2D eigenvalue weighted by Gasteiger charge is -2.26. The molecule has 0 saturated heterocycles. The lowest BCUT2D eigenvalue weighted by atomic mass is 9.78. The van der Waals surface area contributed by atoms with Crippen molar-refractivity contribution in [2.75, 3.05) is 20.3 Å². The first-order valence-corrected chi connectivity index (χ1v) is 13.6. The van der Waals surface area contributed by atoms with Gasteiger partial charge in [0.15, 0.2) is 5.78 Å². The highest BCUT2D eigenvalue weighted by Crippen LogP contribution is 2.40. The van der Waals surface area contributed by atoms with Crippen molar-refractivity contribution in [1.82, 2.24) is 20.3 Å². The number of hydrogen-bond donors (Lipinski definition) is 2. The zero-order chi connectivity index (χ0) is 30.3. The Labute approximate surface area is 239 Å². The lowest BCUT2D eigenvalue weighted by Crippen LogP contribution is -2.43. The third-order valence-electron chi connectivity index (χ3n) is 6.68. The molecule has 2 N–H and O–H groups in total. The second-order valence-electron chi connectivity index (χ2n) is 10.6. The van der Waals surface area contributed by atoms with E-state index in [1.807, 2.05) is 6.92 Å². The maximum Gasteiger partial charge on any atom is 0.328 e. The van der Waals surface area contributed by atoms with Crippen molar-refractivity contribution in [1.29, 1.82) is 0 Å². The normalized spacial score (nSPS) is 12.9. The maximum absolute atomic E-state index is 14.0. The highest BCUT2D eigenvalue weighted by atomic mass is 16.5. The van der Waals surface area contributed by atoms with Gasteiger partial charge in [-0.1, -0.05) is 27.7 Å². The smallest absolute Gasteiger partial charge is 0.328 e. The van der Waals surface area contributed by atoms with Crippen LogP contribution in [0.25, 0.3) is 11.0 Å². The van der Waals surface area contributed by atoms with E-state index in [1.165, 1.54) is 19.5 Å². The van der Waals surface area contributed by atoms with Crippen molar-refractivity contribution < 1.29 is 33.4 Å². The summed E-state index contributed by atoms with van der Waals surface area (Å²) in [4.78, 5) is 64.0. The molecule has 0 radical (unpaired) electrons. The van der Waals surface area contributed by atoms with Crippen molar-refractivity contribution in [3.63, 3.8) is 0 Å². The van der Waals surface area contributed by atoms with Crippen LogP contribution in [0.5, 0.6) is 5.75 Å². The molecule has 41 heavy (non-hydrogen) atoms. The number of ketones is 1. The fourth-order valence-electron chi connectivity index (χ4n) is 4.63. The van der Waals surface area contributed by atoms with Crippen LogP contribution in [0.1, 0.15) is 92.1 Å². The summed E-state index contributed by atoms with van der Waals surface area (Å²) >= 11 is 0. The SMILES string of the molecule is CCOC(=O)CCC(NC(=O)c1ccc(OC)c(C(C)c2c[nH]c3ncncc23)c1C(=O)C(C)(C)C)C(=O)OCC.